The van der Waals surface area contributed by atoms with Crippen molar-refractivity contribution in [3.8, 4) is 0 Å². The molecule has 1 heterocycles. The van der Waals surface area contributed by atoms with E-state index in [2.05, 4.69) is 5.32 Å². The summed E-state index contributed by atoms with van der Waals surface area (Å²) in [6.07, 6.45) is 2.38. The molecule has 1 aliphatic rings. The molecule has 8 heteroatoms. The van der Waals surface area contributed by atoms with Gasteiger partial charge in [0.05, 0.1) is 4.92 Å². The fourth-order valence-corrected chi connectivity index (χ4v) is 3.32. The number of aryl methyl sites for hydroxylation is 1. The standard InChI is InChI=1S/C21H23N3O5/c25-20(23-14-6-8-16-7-1-3-10-18(16)23)15-29-21(26)12-5-13-22-17-9-2-4-11-19(17)24(27)28/h1-4,7,9-11,22H,5-6,8,12-15H2. The second kappa shape index (κ2) is 9.68. The van der Waals surface area contributed by atoms with Crippen LogP contribution >= 0.6 is 0 Å². The maximum absolute atomic E-state index is 12.5. The number of carbonyl (C=O) groups is 2. The van der Waals surface area contributed by atoms with Crippen molar-refractivity contribution in [3.63, 3.8) is 0 Å². The molecule has 0 fully saturated rings. The number of hydrogen-bond donors (Lipinski definition) is 1. The number of ether oxygens (including phenoxy) is 1. The molecule has 0 aromatic heterocycles. The number of rotatable bonds is 8. The minimum atomic E-state index is -0.465. The summed E-state index contributed by atoms with van der Waals surface area (Å²) in [6, 6.07) is 14.1. The number of carbonyl (C=O) groups excluding carboxylic acids is 2. The lowest BCUT2D eigenvalue weighted by molar-refractivity contribution is -0.384. The van der Waals surface area contributed by atoms with Crippen LogP contribution in [0, 0.1) is 10.1 Å². The smallest absolute Gasteiger partial charge is 0.306 e. The predicted octanol–water partition coefficient (Wildman–Crippen LogP) is 3.31. The number of nitro groups is 1. The summed E-state index contributed by atoms with van der Waals surface area (Å²) >= 11 is 0. The molecule has 0 atom stereocenters. The van der Waals surface area contributed by atoms with Gasteiger partial charge in [0.25, 0.3) is 11.6 Å². The van der Waals surface area contributed by atoms with Crippen LogP contribution in [-0.2, 0) is 20.7 Å². The molecule has 0 unspecified atom stereocenters. The average molecular weight is 397 g/mol. The monoisotopic (exact) mass is 397 g/mol. The minimum absolute atomic E-state index is 0.0116. The van der Waals surface area contributed by atoms with Gasteiger partial charge in [0.2, 0.25) is 0 Å². The first-order valence-corrected chi connectivity index (χ1v) is 9.57. The van der Waals surface area contributed by atoms with Crippen molar-refractivity contribution in [2.45, 2.75) is 25.7 Å². The van der Waals surface area contributed by atoms with Gasteiger partial charge in [-0.25, -0.2) is 0 Å². The third-order valence-corrected chi connectivity index (χ3v) is 4.74. The van der Waals surface area contributed by atoms with Crippen LogP contribution in [0.3, 0.4) is 0 Å². The van der Waals surface area contributed by atoms with Crippen LogP contribution < -0.4 is 10.2 Å². The Kier molecular flexibility index (Phi) is 6.78. The first-order valence-electron chi connectivity index (χ1n) is 9.57. The molecular formula is C21H23N3O5. The highest BCUT2D eigenvalue weighted by Gasteiger charge is 2.23. The van der Waals surface area contributed by atoms with E-state index in [1.165, 1.54) is 6.07 Å². The molecule has 0 spiro atoms. The second-order valence-electron chi connectivity index (χ2n) is 6.74. The Morgan fingerprint density at radius 2 is 1.90 bits per heavy atom. The van der Waals surface area contributed by atoms with Crippen molar-refractivity contribution >= 4 is 28.9 Å². The Balaban J connectivity index is 1.41. The van der Waals surface area contributed by atoms with Gasteiger partial charge in [-0.2, -0.15) is 0 Å². The SMILES string of the molecule is O=C(CCCNc1ccccc1[N+](=O)[O-])OCC(=O)N1CCCc2ccccc21. The van der Waals surface area contributed by atoms with Gasteiger partial charge in [0, 0.05) is 31.3 Å². The van der Waals surface area contributed by atoms with E-state index in [1.54, 1.807) is 23.1 Å². The van der Waals surface area contributed by atoms with Crippen molar-refractivity contribution in [2.24, 2.45) is 0 Å². The number of nitrogens with one attached hydrogen (secondary N) is 1. The van der Waals surface area contributed by atoms with Gasteiger partial charge < -0.3 is 15.0 Å². The predicted molar refractivity (Wildman–Crippen MR) is 109 cm³/mol. The quantitative estimate of drug-likeness (QED) is 0.317. The zero-order valence-electron chi connectivity index (χ0n) is 16.0. The molecule has 3 rings (SSSR count). The summed E-state index contributed by atoms with van der Waals surface area (Å²) < 4.78 is 5.12. The lowest BCUT2D eigenvalue weighted by Crippen LogP contribution is -2.38. The molecule has 152 valence electrons. The minimum Gasteiger partial charge on any atom is -0.456 e. The number of para-hydroxylation sites is 3. The van der Waals surface area contributed by atoms with Gasteiger partial charge in [-0.15, -0.1) is 0 Å². The van der Waals surface area contributed by atoms with Gasteiger partial charge in [-0.3, -0.25) is 19.7 Å². The van der Waals surface area contributed by atoms with E-state index < -0.39 is 10.9 Å². The Hall–Kier alpha value is -3.42. The first-order chi connectivity index (χ1) is 14.1. The van der Waals surface area contributed by atoms with Gasteiger partial charge in [0.15, 0.2) is 6.61 Å². The molecule has 29 heavy (non-hydrogen) atoms. The first kappa shape index (κ1) is 20.3. The number of esters is 1. The summed E-state index contributed by atoms with van der Waals surface area (Å²) in [6.45, 7) is 0.714. The van der Waals surface area contributed by atoms with E-state index in [9.17, 15) is 19.7 Å². The third-order valence-electron chi connectivity index (χ3n) is 4.74. The summed E-state index contributed by atoms with van der Waals surface area (Å²) in [4.78, 5) is 36.6. The van der Waals surface area contributed by atoms with E-state index in [-0.39, 0.29) is 24.6 Å². The molecular weight excluding hydrogens is 374 g/mol. The summed E-state index contributed by atoms with van der Waals surface area (Å²) in [5.41, 5.74) is 2.40. The summed E-state index contributed by atoms with van der Waals surface area (Å²) in [5, 5.41) is 13.9. The molecule has 2 aromatic rings. The Labute approximate surface area is 168 Å². The number of benzene rings is 2. The van der Waals surface area contributed by atoms with Gasteiger partial charge in [-0.1, -0.05) is 30.3 Å². The van der Waals surface area contributed by atoms with Crippen molar-refractivity contribution in [1.29, 1.82) is 0 Å². The van der Waals surface area contributed by atoms with Crippen LogP contribution in [0.4, 0.5) is 17.1 Å². The zero-order valence-corrected chi connectivity index (χ0v) is 16.0. The number of hydrogen-bond acceptors (Lipinski definition) is 6. The lowest BCUT2D eigenvalue weighted by Gasteiger charge is -2.29. The third kappa shape index (κ3) is 5.31. The number of nitrogens with zero attached hydrogens (tertiary/aromatic N) is 2. The molecule has 1 amide bonds. The number of fused-ring (bicyclic) bond motifs is 1. The summed E-state index contributed by atoms with van der Waals surface area (Å²) in [5.74, 6) is -0.698. The Bertz CT molecular complexity index is 899. The van der Waals surface area contributed by atoms with Crippen LogP contribution in [0.1, 0.15) is 24.8 Å². The van der Waals surface area contributed by atoms with Gasteiger partial charge in [-0.05, 0) is 37.0 Å². The average Bonchev–Trinajstić information content (AvgIpc) is 2.74. The Morgan fingerprint density at radius 3 is 2.72 bits per heavy atom. The van der Waals surface area contributed by atoms with Crippen molar-refractivity contribution in [3.05, 3.63) is 64.2 Å². The van der Waals surface area contributed by atoms with Crippen LogP contribution in [0.25, 0.3) is 0 Å². The molecule has 1 aliphatic heterocycles. The van der Waals surface area contributed by atoms with Gasteiger partial charge in [0.1, 0.15) is 5.69 Å². The highest BCUT2D eigenvalue weighted by Crippen LogP contribution is 2.26. The van der Waals surface area contributed by atoms with Crippen LogP contribution in [-0.4, -0.2) is 36.5 Å². The molecule has 1 N–H and O–H groups in total. The largest absolute Gasteiger partial charge is 0.456 e. The van der Waals surface area contributed by atoms with Gasteiger partial charge >= 0.3 is 5.97 Å². The molecule has 0 radical (unpaired) electrons. The fraction of sp³-hybridized carbons (Fsp3) is 0.333. The van der Waals surface area contributed by atoms with E-state index in [1.807, 2.05) is 24.3 Å². The molecule has 0 aliphatic carbocycles. The van der Waals surface area contributed by atoms with Crippen molar-refractivity contribution in [1.82, 2.24) is 0 Å². The highest BCUT2D eigenvalue weighted by atomic mass is 16.6. The molecule has 2 aromatic carbocycles. The van der Waals surface area contributed by atoms with Crippen LogP contribution in [0.15, 0.2) is 48.5 Å². The maximum Gasteiger partial charge on any atom is 0.306 e. The number of anilines is 2. The zero-order chi connectivity index (χ0) is 20.6. The van der Waals surface area contributed by atoms with Crippen molar-refractivity contribution in [2.75, 3.05) is 29.9 Å². The molecule has 0 saturated heterocycles. The highest BCUT2D eigenvalue weighted by molar-refractivity contribution is 5.96. The number of amides is 1. The van der Waals surface area contributed by atoms with Crippen LogP contribution in [0.2, 0.25) is 0 Å². The normalized spacial score (nSPS) is 12.8. The number of nitro benzene ring substituents is 1. The molecule has 0 saturated carbocycles. The van der Waals surface area contributed by atoms with E-state index in [4.69, 9.17) is 4.74 Å². The molecule has 8 nitrogen and oxygen atoms in total. The maximum atomic E-state index is 12.5. The Morgan fingerprint density at radius 1 is 1.14 bits per heavy atom. The van der Waals surface area contributed by atoms with E-state index in [0.717, 1.165) is 24.1 Å². The van der Waals surface area contributed by atoms with Crippen LogP contribution in [0.5, 0.6) is 0 Å². The second-order valence-corrected chi connectivity index (χ2v) is 6.74. The van der Waals surface area contributed by atoms with E-state index >= 15 is 0 Å². The van der Waals surface area contributed by atoms with Crippen molar-refractivity contribution < 1.29 is 19.2 Å². The summed E-state index contributed by atoms with van der Waals surface area (Å²) in [7, 11) is 0. The molecule has 0 bridgehead atoms. The van der Waals surface area contributed by atoms with E-state index in [0.29, 0.717) is 25.2 Å². The lowest BCUT2D eigenvalue weighted by atomic mass is 10.0. The topological polar surface area (TPSA) is 102 Å². The fourth-order valence-electron chi connectivity index (χ4n) is 3.32.